The topological polar surface area (TPSA) is 532 Å². The van der Waals surface area contributed by atoms with Gasteiger partial charge in [-0.3, -0.25) is 62.2 Å². The van der Waals surface area contributed by atoms with Gasteiger partial charge in [-0.05, 0) is 202 Å². The molecule has 5 aromatic carbocycles. The van der Waals surface area contributed by atoms with Crippen LogP contribution in [0.2, 0.25) is 0 Å². The number of aromatic hydroxyl groups is 2. The molecule has 12 amide bonds. The van der Waals surface area contributed by atoms with Gasteiger partial charge in [-0.25, -0.2) is 19.7 Å². The van der Waals surface area contributed by atoms with Gasteiger partial charge >= 0.3 is 12.1 Å². The summed E-state index contributed by atoms with van der Waals surface area (Å²) in [6.45, 7) is 3.51. The largest absolute Gasteiger partial charge is 0.508 e. The fourth-order valence-electron chi connectivity index (χ4n) is 17.3. The first-order chi connectivity index (χ1) is 67.9. The van der Waals surface area contributed by atoms with Gasteiger partial charge in [0.25, 0.3) is 11.8 Å². The quantitative estimate of drug-likeness (QED) is 0.0159. The van der Waals surface area contributed by atoms with Crippen molar-refractivity contribution in [1.29, 1.82) is 0 Å². The van der Waals surface area contributed by atoms with Gasteiger partial charge in [0, 0.05) is 111 Å². The smallest absolute Gasteiger partial charge is 0.433 e. The molecule has 1 spiro atoms. The van der Waals surface area contributed by atoms with Gasteiger partial charge in [-0.2, -0.15) is 13.2 Å². The number of morpholine rings is 1. The zero-order chi connectivity index (χ0) is 99.9. The summed E-state index contributed by atoms with van der Waals surface area (Å²) in [4.78, 5) is 204. The molecule has 3 aromatic heterocycles. The van der Waals surface area contributed by atoms with Gasteiger partial charge < -0.3 is 112 Å². The molecule has 4 saturated heterocycles. The maximum atomic E-state index is 15.4. The van der Waals surface area contributed by atoms with Crippen molar-refractivity contribution in [2.45, 2.75) is 190 Å². The average Bonchev–Trinajstić information content (AvgIpc) is 1.56. The van der Waals surface area contributed by atoms with Gasteiger partial charge in [-0.15, -0.1) is 5.10 Å². The number of unbranched alkanes of at least 4 members (excludes halogenated alkanes) is 4. The number of hydrogen-bond donors (Lipinski definition) is 14. The third kappa shape index (κ3) is 26.6. The van der Waals surface area contributed by atoms with Crippen LogP contribution >= 0.6 is 12.2 Å². The number of alkyl halides is 3. The van der Waals surface area contributed by atoms with E-state index in [4.69, 9.17) is 35.9 Å². The van der Waals surface area contributed by atoms with E-state index in [1.54, 1.807) is 78.9 Å². The van der Waals surface area contributed by atoms with E-state index in [1.165, 1.54) is 77.3 Å². The predicted molar refractivity (Wildman–Crippen MR) is 502 cm³/mol. The van der Waals surface area contributed by atoms with E-state index >= 15 is 14.4 Å². The van der Waals surface area contributed by atoms with Crippen molar-refractivity contribution in [3.8, 4) is 40.4 Å². The number of para-hydroxylation sites is 1. The number of halogens is 3. The van der Waals surface area contributed by atoms with E-state index in [0.29, 0.717) is 78.1 Å². The van der Waals surface area contributed by atoms with Gasteiger partial charge in [0.2, 0.25) is 70.9 Å². The summed E-state index contributed by atoms with van der Waals surface area (Å²) in [5.74, 6) is -8.60. The van der Waals surface area contributed by atoms with E-state index in [1.807, 2.05) is 11.0 Å². The first kappa shape index (κ1) is 102. The fourth-order valence-corrected chi connectivity index (χ4v) is 17.5. The molecule has 746 valence electrons. The molecule has 6 aliphatic rings. The highest BCUT2D eigenvalue weighted by atomic mass is 32.1. The molecule has 9 heterocycles. The zero-order valence-electron chi connectivity index (χ0n) is 77.3. The van der Waals surface area contributed by atoms with Crippen LogP contribution < -0.4 is 82.9 Å². The molecule has 0 bridgehead atoms. The summed E-state index contributed by atoms with van der Waals surface area (Å²) < 4.78 is 70.9. The number of anilines is 2. The molecule has 14 N–H and O–H groups in total. The highest BCUT2D eigenvalue weighted by molar-refractivity contribution is 7.80. The minimum absolute atomic E-state index is 0.00984. The molecule has 4 fully saturated rings. The Balaban J connectivity index is 0.681. The molecule has 141 heavy (non-hydrogen) atoms. The molecule has 6 aliphatic heterocycles. The molecule has 41 nitrogen and oxygen atoms in total. The highest BCUT2D eigenvalue weighted by Gasteiger charge is 2.54. The molecule has 45 heteroatoms. The van der Waals surface area contributed by atoms with Crippen LogP contribution in [0.1, 0.15) is 176 Å². The van der Waals surface area contributed by atoms with Crippen LogP contribution in [0, 0.1) is 0 Å². The lowest BCUT2D eigenvalue weighted by atomic mass is 9.77. The number of benzene rings is 5. The summed E-state index contributed by atoms with van der Waals surface area (Å²) in [5.41, 5.74) is -0.145. The first-order valence-electron chi connectivity index (χ1n) is 46.8. The van der Waals surface area contributed by atoms with Crippen molar-refractivity contribution in [2.24, 2.45) is 0 Å². The maximum absolute atomic E-state index is 15.4. The number of fused-ring (bicyclic) bond motifs is 8. The molecular formula is C96H110F3N21O20S. The number of aryl methyl sites for hydroxylation is 1. The van der Waals surface area contributed by atoms with Gasteiger partial charge in [0.1, 0.15) is 101 Å². The number of rotatable bonds is 29. The molecule has 0 radical (unpaired) electrons. The predicted octanol–water partition coefficient (Wildman–Crippen LogP) is 5.37. The number of nitrogens with zero attached hydrogens (tertiary/aromatic N) is 9. The van der Waals surface area contributed by atoms with Crippen LogP contribution in [0.25, 0.3) is 0 Å². The van der Waals surface area contributed by atoms with E-state index in [9.17, 15) is 71.3 Å². The lowest BCUT2D eigenvalue weighted by Crippen LogP contribution is -2.59. The number of carbonyl (C=O) groups excluding carboxylic acids is 13. The minimum Gasteiger partial charge on any atom is -0.508 e. The van der Waals surface area contributed by atoms with Gasteiger partial charge in [0.05, 0.1) is 43.6 Å². The number of amides is 12. The van der Waals surface area contributed by atoms with E-state index in [-0.39, 0.29) is 193 Å². The van der Waals surface area contributed by atoms with Crippen molar-refractivity contribution >= 4 is 106 Å². The Hall–Kier alpha value is -15.2. The summed E-state index contributed by atoms with van der Waals surface area (Å²) in [6.07, 6.45) is 1.74. The van der Waals surface area contributed by atoms with Crippen molar-refractivity contribution in [3.05, 3.63) is 191 Å². The SMILES string of the molecule is CC1NC(=O)CNC(=O)C2CCCN2C(=O)C(CCCCNC(=O)c2cccc(Oc3ccccc3)c2)NC(=O)C(C)NC(=O)C(CCCCn2cc(COc3cccc(C(F)(F)F)n3)nn2)NC(=O)CNC(=O)C2CCCN2C(=O)C(CCCCNC(=O)c2cnc(N3CCOCC3)nc2)NC(=O)C(CCCCNC(=S)Nc2ccc3c(c2)C(=O)OC32c3ccc(O)cc3Oc3cc(O)ccc32)NC1=O. The van der Waals surface area contributed by atoms with Gasteiger partial charge in [0.15, 0.2) is 10.7 Å². The normalized spacial score (nSPS) is 20.5. The van der Waals surface area contributed by atoms with Crippen molar-refractivity contribution < 1.29 is 109 Å². The highest BCUT2D eigenvalue weighted by Crippen LogP contribution is 2.57. The fraction of sp³-hybridized carbons (Fsp3) is 0.427. The van der Waals surface area contributed by atoms with E-state index < -0.39 is 156 Å². The molecule has 8 unspecified atom stereocenters. The van der Waals surface area contributed by atoms with Gasteiger partial charge in [-0.1, -0.05) is 41.6 Å². The van der Waals surface area contributed by atoms with Crippen LogP contribution in [0.4, 0.5) is 24.8 Å². The van der Waals surface area contributed by atoms with Crippen molar-refractivity contribution in [2.75, 3.05) is 82.3 Å². The number of esters is 1. The number of phenolic OH excluding ortho intramolecular Hbond substituents is 2. The Morgan fingerprint density at radius 3 is 1.72 bits per heavy atom. The Kier molecular flexibility index (Phi) is 34.2. The Bertz CT molecular complexity index is 5870. The molecule has 8 aromatic rings. The number of ether oxygens (including phenoxy) is 5. The monoisotopic (exact) mass is 1970 g/mol. The number of phenols is 2. The molecular weight excluding hydrogens is 1860 g/mol. The Morgan fingerprint density at radius 1 is 0.553 bits per heavy atom. The number of aromatic nitrogens is 6. The second kappa shape index (κ2) is 47.5. The number of pyridine rings is 1. The molecule has 0 aliphatic carbocycles. The Labute approximate surface area is 812 Å². The number of carbonyl (C=O) groups is 13. The average molecular weight is 1970 g/mol. The number of thiocarbonyl (C=S) groups is 1. The van der Waals surface area contributed by atoms with E-state index in [2.05, 4.69) is 89.1 Å². The van der Waals surface area contributed by atoms with Crippen LogP contribution in [0.15, 0.2) is 146 Å². The van der Waals surface area contributed by atoms with Crippen LogP contribution in [0.3, 0.4) is 0 Å². The van der Waals surface area contributed by atoms with Crippen LogP contribution in [0.5, 0.6) is 40.4 Å². The number of hydrogen-bond acceptors (Lipinski definition) is 27. The maximum Gasteiger partial charge on any atom is 0.433 e. The third-order valence-corrected chi connectivity index (χ3v) is 24.8. The lowest BCUT2D eigenvalue weighted by molar-refractivity contribution is -0.142. The second-order valence-electron chi connectivity index (χ2n) is 34.7. The van der Waals surface area contributed by atoms with Crippen molar-refractivity contribution in [1.82, 2.24) is 98.2 Å². The molecule has 0 saturated carbocycles. The summed E-state index contributed by atoms with van der Waals surface area (Å²) in [5, 5.41) is 62.4. The molecule has 14 rings (SSSR count). The Morgan fingerprint density at radius 2 is 1.09 bits per heavy atom. The van der Waals surface area contributed by atoms with Crippen LogP contribution in [-0.4, -0.2) is 252 Å². The summed E-state index contributed by atoms with van der Waals surface area (Å²) >= 11 is 5.74. The zero-order valence-corrected chi connectivity index (χ0v) is 78.1. The standard InChI is InChI=1S/C96H110F3N21O20S/c1-56-82(125)111-71(22-6-12-38-102-94(141)109-60-30-33-67-66(47-60)92(135)140-95(67)68-34-31-62(121)48-76(68)139-77-49-63(122)32-35-69(77)95)87(130)113-73(25-8-11-37-101-85(128)59-50-105-93(106-51-59)117-42-44-136-45-43-117)91(134)120-41-17-27-75(120)89(132)104-53-80(124)110-70(23-9-13-39-118-54-61(115-116-118)55-137-81-29-15-28-78(114-81)96(97,98)99)86(129)108-57(2)83(126)112-72(90(133)119-40-16-26-74(119)88(131)103-52-79(123)107-56)24-7-10-36-100-84(127)58-18-14-21-65(46-58)138-64-19-4-3-5-20-64/h3-5,14-15,18-21,28-35,46-51,54,56-57,70-75,121-122H,6-13,16-17,22-27,36-45,52-53,55H2,1-2H3,(H,100,127)(H,101,128)(H,103,131)(H,104,132)(H,107,123)(H,108,129)(H,110,124)(H,111,125)(H,112,126)(H,113,130)(H2,102,109,141). The second-order valence-corrected chi connectivity index (χ2v) is 35.2. The molecule has 8 atom stereocenters. The first-order valence-corrected chi connectivity index (χ1v) is 47.2. The summed E-state index contributed by atoms with van der Waals surface area (Å²) in [6, 6.07) is 21.5. The lowest BCUT2D eigenvalue weighted by Gasteiger charge is -2.36. The van der Waals surface area contributed by atoms with Crippen LogP contribution in [-0.2, 0) is 82.3 Å². The summed E-state index contributed by atoms with van der Waals surface area (Å²) in [7, 11) is 0. The minimum atomic E-state index is -4.72. The number of nitrogens with one attached hydrogen (secondary N) is 12. The van der Waals surface area contributed by atoms with Crippen molar-refractivity contribution in [3.63, 3.8) is 0 Å². The third-order valence-electron chi connectivity index (χ3n) is 24.6. The van der Waals surface area contributed by atoms with E-state index in [0.717, 1.165) is 12.1 Å².